The van der Waals surface area contributed by atoms with Gasteiger partial charge in [-0.25, -0.2) is 15.0 Å². The van der Waals surface area contributed by atoms with Gasteiger partial charge in [-0.15, -0.1) is 0 Å². The van der Waals surface area contributed by atoms with Crippen molar-refractivity contribution in [1.29, 1.82) is 0 Å². The smallest absolute Gasteiger partial charge is 0.324 e. The zero-order chi connectivity index (χ0) is 37.8. The number of nitrogens with one attached hydrogen (secondary N) is 2. The summed E-state index contributed by atoms with van der Waals surface area (Å²) in [5, 5.41) is 4.87. The van der Waals surface area contributed by atoms with Crippen LogP contribution in [0.4, 0.5) is 30.5 Å². The largest absolute Gasteiger partial charge is 0.416 e. The molecule has 0 radical (unpaired) electrons. The Hall–Kier alpha value is -5.06. The van der Waals surface area contributed by atoms with Crippen LogP contribution in [-0.2, 0) is 6.18 Å². The van der Waals surface area contributed by atoms with Gasteiger partial charge in [-0.05, 0) is 67.7 Å². The summed E-state index contributed by atoms with van der Waals surface area (Å²) in [4.78, 5) is 28.5. The molecule has 0 spiro atoms. The highest BCUT2D eigenvalue weighted by Crippen LogP contribution is 2.33. The predicted octanol–water partition coefficient (Wildman–Crippen LogP) is 6.36. The highest BCUT2D eigenvalue weighted by atomic mass is 19.4. The molecule has 8 nitrogen and oxygen atoms in total. The summed E-state index contributed by atoms with van der Waals surface area (Å²) in [7, 11) is 0. The first-order valence-corrected chi connectivity index (χ1v) is 10.8. The number of halogens is 3. The molecule has 0 atom stereocenters. The molecule has 5 aromatic rings. The summed E-state index contributed by atoms with van der Waals surface area (Å²) in [6.07, 6.45) is -4.97. The number of anilines is 3. The van der Waals surface area contributed by atoms with Gasteiger partial charge in [0, 0.05) is 61.1 Å². The summed E-state index contributed by atoms with van der Waals surface area (Å²) in [5.41, 5.74) is -4.04. The van der Waals surface area contributed by atoms with Crippen molar-refractivity contribution in [3.05, 3.63) is 108 Å². The second kappa shape index (κ2) is 10.4. The van der Waals surface area contributed by atoms with Gasteiger partial charge in [0.05, 0.1) is 31.5 Å². The van der Waals surface area contributed by atoms with Crippen LogP contribution in [0.2, 0.25) is 0 Å². The first-order valence-electron chi connectivity index (χ1n) is 16.8. The maximum Gasteiger partial charge on any atom is 0.416 e. The van der Waals surface area contributed by atoms with Crippen LogP contribution < -0.4 is 10.6 Å². The number of carbonyl (C=O) groups is 1. The van der Waals surface area contributed by atoms with Gasteiger partial charge in [-0.2, -0.15) is 13.2 Å². The van der Waals surface area contributed by atoms with Crippen LogP contribution in [0.1, 0.15) is 43.6 Å². The Kier molecular flexibility index (Phi) is 3.92. The van der Waals surface area contributed by atoms with Crippen molar-refractivity contribution in [2.45, 2.75) is 19.9 Å². The summed E-state index contributed by atoms with van der Waals surface area (Å²) in [5.74, 6) is -1.52. The van der Waals surface area contributed by atoms with Crippen molar-refractivity contribution in [2.24, 2.45) is 0 Å². The van der Waals surface area contributed by atoms with E-state index in [0.717, 1.165) is 47.4 Å². The van der Waals surface area contributed by atoms with E-state index in [-0.39, 0.29) is 33.9 Å². The molecule has 0 aliphatic carbocycles. The van der Waals surface area contributed by atoms with Crippen LogP contribution in [-0.4, -0.2) is 30.4 Å². The summed E-state index contributed by atoms with van der Waals surface area (Å²) < 4.78 is 137. The van der Waals surface area contributed by atoms with Gasteiger partial charge in [0.2, 0.25) is 5.95 Å². The van der Waals surface area contributed by atoms with Crippen molar-refractivity contribution in [2.75, 3.05) is 10.6 Å². The van der Waals surface area contributed by atoms with Crippen LogP contribution in [0.5, 0.6) is 0 Å². The number of carbonyl (C=O) groups excluding carboxylic acids is 1. The molecule has 0 saturated heterocycles. The van der Waals surface area contributed by atoms with E-state index in [9.17, 15) is 18.0 Å². The number of aryl methyl sites for hydroxylation is 2. The minimum Gasteiger partial charge on any atom is -0.324 e. The van der Waals surface area contributed by atoms with Crippen LogP contribution in [0, 0.1) is 13.7 Å². The van der Waals surface area contributed by atoms with Gasteiger partial charge in [0.1, 0.15) is 0 Å². The summed E-state index contributed by atoms with van der Waals surface area (Å²) in [6, 6.07) is 3.62. The highest BCUT2D eigenvalue weighted by molar-refractivity contribution is 6.05. The molecule has 2 aromatic carbocycles. The Balaban J connectivity index is 1.54. The number of hydrogen-bond donors (Lipinski definition) is 2. The van der Waals surface area contributed by atoms with Crippen LogP contribution in [0.3, 0.4) is 0 Å². The van der Waals surface area contributed by atoms with Crippen LogP contribution in [0.15, 0.2) is 85.6 Å². The fourth-order valence-electron chi connectivity index (χ4n) is 3.38. The maximum atomic E-state index is 13.8. The molecule has 0 bridgehead atoms. The third-order valence-corrected chi connectivity index (χ3v) is 5.17. The average Bonchev–Trinajstić information content (AvgIpc) is 3.53. The molecule has 2 N–H and O–H groups in total. The first kappa shape index (κ1) is 14.8. The van der Waals surface area contributed by atoms with Crippen LogP contribution in [0.25, 0.3) is 16.9 Å². The number of rotatable bonds is 6. The van der Waals surface area contributed by atoms with E-state index >= 15 is 0 Å². The lowest BCUT2D eigenvalue weighted by molar-refractivity contribution is -0.137. The second-order valence-corrected chi connectivity index (χ2v) is 7.87. The topological polar surface area (TPSA) is 97.6 Å². The molecule has 196 valence electrons. The summed E-state index contributed by atoms with van der Waals surface area (Å²) in [6.45, 7) is -5.45. The maximum absolute atomic E-state index is 13.8. The quantitative estimate of drug-likeness (QED) is 0.260. The number of imidazole rings is 1. The third-order valence-electron chi connectivity index (χ3n) is 5.17. The van der Waals surface area contributed by atoms with E-state index in [0.29, 0.717) is 6.07 Å². The predicted molar refractivity (Wildman–Crippen MR) is 141 cm³/mol. The lowest BCUT2D eigenvalue weighted by Gasteiger charge is -2.14. The van der Waals surface area contributed by atoms with Crippen LogP contribution >= 0.6 is 0 Å². The molecule has 0 unspecified atom stereocenters. The van der Waals surface area contributed by atoms with Gasteiger partial charge in [0.25, 0.3) is 5.91 Å². The Labute approximate surface area is 238 Å². The molecule has 39 heavy (non-hydrogen) atoms. The number of alkyl halides is 3. The van der Waals surface area contributed by atoms with E-state index in [1.54, 1.807) is 0 Å². The molecule has 1 amide bonds. The minimum absolute atomic E-state index is 0.183. The number of benzene rings is 2. The van der Waals surface area contributed by atoms with Gasteiger partial charge in [-0.1, -0.05) is 6.07 Å². The van der Waals surface area contributed by atoms with Gasteiger partial charge in [-0.3, -0.25) is 9.78 Å². The molecule has 5 rings (SSSR count). The standard InChI is InChI=1S/C28H22F3N7O/c1-17-5-6-19(10-25(17)37-27-33-9-7-24(36-27)20-4-3-8-32-14-20)26(39)35-22-11-21(28(29,30)31)12-23(13-22)38-15-18(2)34-16-38/h3-16H,1-2H3,(H,35,39)(H,33,36,37)/i1D3,2D3,3D,4D,7D,8D,9D,14D. The highest BCUT2D eigenvalue weighted by Gasteiger charge is 2.31. The number of aromatic nitrogens is 5. The molecule has 0 saturated carbocycles. The molecule has 11 heteroatoms. The Morgan fingerprint density at radius 2 is 1.97 bits per heavy atom. The van der Waals surface area contributed by atoms with Crippen molar-refractivity contribution < 1.29 is 34.4 Å². The zero-order valence-corrected chi connectivity index (χ0v) is 19.4. The number of hydrogen-bond acceptors (Lipinski definition) is 6. The molecule has 0 aliphatic heterocycles. The lowest BCUT2D eigenvalue weighted by Crippen LogP contribution is -2.14. The normalized spacial score (nSPS) is 16.4. The minimum atomic E-state index is -4.88. The Morgan fingerprint density at radius 1 is 1.08 bits per heavy atom. The number of pyridine rings is 1. The molecule has 3 heterocycles. The van der Waals surface area contributed by atoms with Gasteiger partial charge >= 0.3 is 6.18 Å². The second-order valence-electron chi connectivity index (χ2n) is 7.87. The van der Waals surface area contributed by atoms with Crippen molar-refractivity contribution in [3.8, 4) is 16.9 Å². The SMILES string of the molecule is [2H]c1nc(Nc2cc(C(=O)Nc3cc(-n4cnc(C([2H])([2H])[2H])c4)cc(C(F)(F)F)c3)ccc2C([2H])([2H])[2H])nc(-c2c([2H])nc([2H])c([2H])c2[2H])c1[2H]. The average molecular weight is 542 g/mol. The van der Waals surface area contributed by atoms with Crippen molar-refractivity contribution >= 4 is 23.2 Å². The van der Waals surface area contributed by atoms with E-state index in [4.69, 9.17) is 16.4 Å². The van der Waals surface area contributed by atoms with E-state index in [1.165, 1.54) is 0 Å². The van der Waals surface area contributed by atoms with Gasteiger partial charge < -0.3 is 15.2 Å². The zero-order valence-electron chi connectivity index (χ0n) is 31.4. The van der Waals surface area contributed by atoms with Crippen molar-refractivity contribution in [3.63, 3.8) is 0 Å². The molecular weight excluding hydrogens is 507 g/mol. The first-order chi connectivity index (χ1) is 23.5. The third kappa shape index (κ3) is 5.93. The van der Waals surface area contributed by atoms with E-state index < -0.39 is 85.2 Å². The number of nitrogens with zero attached hydrogens (tertiary/aromatic N) is 5. The Bertz CT molecular complexity index is 2190. The molecule has 0 fully saturated rings. The molecule has 0 aliphatic rings. The molecular formula is C28H22F3N7O. The Morgan fingerprint density at radius 3 is 2.77 bits per heavy atom. The van der Waals surface area contributed by atoms with Crippen molar-refractivity contribution in [1.82, 2.24) is 24.5 Å². The lowest BCUT2D eigenvalue weighted by atomic mass is 10.1. The fourth-order valence-corrected chi connectivity index (χ4v) is 3.38. The fraction of sp³-hybridized carbons (Fsp3) is 0.107. The van der Waals surface area contributed by atoms with E-state index in [1.807, 2.05) is 0 Å². The molecule has 3 aromatic heterocycles. The number of amides is 1. The van der Waals surface area contributed by atoms with E-state index in [2.05, 4.69) is 30.6 Å². The van der Waals surface area contributed by atoms with Gasteiger partial charge in [0.15, 0.2) is 0 Å². The summed E-state index contributed by atoms with van der Waals surface area (Å²) >= 11 is 0. The monoisotopic (exact) mass is 541 g/mol.